The number of aliphatic hydroxyl groups is 1. The van der Waals surface area contributed by atoms with Crippen LogP contribution in [-0.4, -0.2) is 23.6 Å². The summed E-state index contributed by atoms with van der Waals surface area (Å²) in [6.45, 7) is 4.95. The first-order valence-corrected chi connectivity index (χ1v) is 6.25. The fourth-order valence-corrected chi connectivity index (χ4v) is 1.91. The SMILES string of the molecule is CCOc1ccc(CSC(C)CO)cc1. The number of rotatable bonds is 6. The van der Waals surface area contributed by atoms with E-state index >= 15 is 0 Å². The Morgan fingerprint density at radius 2 is 2.00 bits per heavy atom. The molecule has 0 amide bonds. The summed E-state index contributed by atoms with van der Waals surface area (Å²) in [6, 6.07) is 8.12. The lowest BCUT2D eigenvalue weighted by atomic mass is 10.2. The van der Waals surface area contributed by atoms with Crippen molar-refractivity contribution >= 4 is 11.8 Å². The Morgan fingerprint density at radius 1 is 1.33 bits per heavy atom. The highest BCUT2D eigenvalue weighted by Crippen LogP contribution is 2.19. The van der Waals surface area contributed by atoms with Gasteiger partial charge in [0.2, 0.25) is 0 Å². The quantitative estimate of drug-likeness (QED) is 0.808. The maximum atomic E-state index is 8.89. The Bertz CT molecular complexity index is 271. The highest BCUT2D eigenvalue weighted by Gasteiger charge is 2.01. The van der Waals surface area contributed by atoms with E-state index in [1.165, 1.54) is 5.56 Å². The van der Waals surface area contributed by atoms with E-state index in [0.717, 1.165) is 11.5 Å². The van der Waals surface area contributed by atoms with Crippen LogP contribution in [0.15, 0.2) is 24.3 Å². The molecule has 0 aliphatic heterocycles. The Balaban J connectivity index is 2.42. The van der Waals surface area contributed by atoms with E-state index in [1.54, 1.807) is 11.8 Å². The molecule has 0 spiro atoms. The van der Waals surface area contributed by atoms with Crippen LogP contribution in [0.25, 0.3) is 0 Å². The second-order valence-electron chi connectivity index (χ2n) is 3.38. The molecule has 2 nitrogen and oxygen atoms in total. The molecule has 15 heavy (non-hydrogen) atoms. The van der Waals surface area contributed by atoms with Gasteiger partial charge in [-0.25, -0.2) is 0 Å². The average molecular weight is 226 g/mol. The molecule has 0 aliphatic carbocycles. The molecule has 0 fully saturated rings. The van der Waals surface area contributed by atoms with Gasteiger partial charge in [-0.3, -0.25) is 0 Å². The number of ether oxygens (including phenoxy) is 1. The summed E-state index contributed by atoms with van der Waals surface area (Å²) in [5.41, 5.74) is 1.27. The van der Waals surface area contributed by atoms with E-state index in [0.29, 0.717) is 11.9 Å². The summed E-state index contributed by atoms with van der Waals surface area (Å²) in [6.07, 6.45) is 0. The minimum Gasteiger partial charge on any atom is -0.494 e. The zero-order valence-corrected chi connectivity index (χ0v) is 10.1. The standard InChI is InChI=1S/C12H18O2S/c1-3-14-12-6-4-11(5-7-12)9-15-10(2)8-13/h4-7,10,13H,3,8-9H2,1-2H3. The van der Waals surface area contributed by atoms with Crippen molar-refractivity contribution in [3.63, 3.8) is 0 Å². The second-order valence-corrected chi connectivity index (χ2v) is 4.81. The predicted molar refractivity (Wildman–Crippen MR) is 65.5 cm³/mol. The van der Waals surface area contributed by atoms with Gasteiger partial charge in [-0.15, -0.1) is 0 Å². The molecule has 84 valence electrons. The van der Waals surface area contributed by atoms with Gasteiger partial charge in [0.15, 0.2) is 0 Å². The lowest BCUT2D eigenvalue weighted by molar-refractivity contribution is 0.300. The van der Waals surface area contributed by atoms with Gasteiger partial charge in [0.1, 0.15) is 5.75 Å². The molecule has 0 aromatic heterocycles. The zero-order valence-electron chi connectivity index (χ0n) is 9.27. The van der Waals surface area contributed by atoms with E-state index in [4.69, 9.17) is 9.84 Å². The van der Waals surface area contributed by atoms with Crippen molar-refractivity contribution in [2.24, 2.45) is 0 Å². The second kappa shape index (κ2) is 6.75. The van der Waals surface area contributed by atoms with Crippen molar-refractivity contribution in [3.05, 3.63) is 29.8 Å². The molecule has 1 N–H and O–H groups in total. The molecule has 1 rings (SSSR count). The summed E-state index contributed by atoms with van der Waals surface area (Å²) in [5.74, 6) is 1.86. The van der Waals surface area contributed by atoms with Crippen molar-refractivity contribution in [2.45, 2.75) is 24.9 Å². The van der Waals surface area contributed by atoms with Crippen LogP contribution in [-0.2, 0) is 5.75 Å². The maximum absolute atomic E-state index is 8.89. The largest absolute Gasteiger partial charge is 0.494 e. The monoisotopic (exact) mass is 226 g/mol. The summed E-state index contributed by atoms with van der Waals surface area (Å²) in [7, 11) is 0. The minimum atomic E-state index is 0.238. The first-order valence-electron chi connectivity index (χ1n) is 5.20. The number of thioether (sulfide) groups is 1. The Kier molecular flexibility index (Phi) is 5.58. The third-order valence-corrected chi connectivity index (χ3v) is 3.24. The molecule has 1 atom stereocenters. The summed E-state index contributed by atoms with van der Waals surface area (Å²) >= 11 is 1.76. The fraction of sp³-hybridized carbons (Fsp3) is 0.500. The van der Waals surface area contributed by atoms with Crippen LogP contribution in [0.4, 0.5) is 0 Å². The number of aliphatic hydroxyl groups excluding tert-OH is 1. The number of hydrogen-bond acceptors (Lipinski definition) is 3. The highest BCUT2D eigenvalue weighted by atomic mass is 32.2. The van der Waals surface area contributed by atoms with Crippen LogP contribution in [0, 0.1) is 0 Å². The van der Waals surface area contributed by atoms with Gasteiger partial charge in [-0.2, -0.15) is 11.8 Å². The van der Waals surface area contributed by atoms with Gasteiger partial charge in [-0.05, 0) is 24.6 Å². The van der Waals surface area contributed by atoms with Gasteiger partial charge >= 0.3 is 0 Å². The molecule has 1 aromatic rings. The molecule has 1 aromatic carbocycles. The van der Waals surface area contributed by atoms with Gasteiger partial charge in [0.25, 0.3) is 0 Å². The Hall–Kier alpha value is -0.670. The average Bonchev–Trinajstić information content (AvgIpc) is 2.28. The topological polar surface area (TPSA) is 29.5 Å². The Labute approximate surface area is 95.7 Å². The first-order chi connectivity index (χ1) is 7.26. The first kappa shape index (κ1) is 12.4. The third kappa shape index (κ3) is 4.58. The lowest BCUT2D eigenvalue weighted by Gasteiger charge is -2.08. The van der Waals surface area contributed by atoms with Gasteiger partial charge < -0.3 is 9.84 Å². The van der Waals surface area contributed by atoms with Crippen molar-refractivity contribution in [1.82, 2.24) is 0 Å². The zero-order chi connectivity index (χ0) is 11.1. The number of benzene rings is 1. The van der Waals surface area contributed by atoms with Crippen molar-refractivity contribution < 1.29 is 9.84 Å². The fourth-order valence-electron chi connectivity index (χ4n) is 1.14. The van der Waals surface area contributed by atoms with Crippen LogP contribution in [0.5, 0.6) is 5.75 Å². The van der Waals surface area contributed by atoms with Crippen LogP contribution in [0.1, 0.15) is 19.4 Å². The Morgan fingerprint density at radius 3 is 2.53 bits per heavy atom. The van der Waals surface area contributed by atoms with E-state index in [-0.39, 0.29) is 6.61 Å². The maximum Gasteiger partial charge on any atom is 0.119 e. The van der Waals surface area contributed by atoms with E-state index < -0.39 is 0 Å². The molecule has 0 heterocycles. The molecular formula is C12H18O2S. The van der Waals surface area contributed by atoms with Crippen molar-refractivity contribution in [2.75, 3.05) is 13.2 Å². The van der Waals surface area contributed by atoms with Crippen molar-refractivity contribution in [3.8, 4) is 5.75 Å². The molecule has 0 saturated heterocycles. The number of hydrogen-bond donors (Lipinski definition) is 1. The summed E-state index contributed by atoms with van der Waals surface area (Å²) in [4.78, 5) is 0. The van der Waals surface area contributed by atoms with Gasteiger partial charge in [0.05, 0.1) is 13.2 Å². The highest BCUT2D eigenvalue weighted by molar-refractivity contribution is 7.99. The summed E-state index contributed by atoms with van der Waals surface area (Å²) < 4.78 is 5.36. The van der Waals surface area contributed by atoms with Gasteiger partial charge in [0, 0.05) is 11.0 Å². The molecule has 1 unspecified atom stereocenters. The van der Waals surface area contributed by atoms with E-state index in [9.17, 15) is 0 Å². The van der Waals surface area contributed by atoms with Crippen LogP contribution >= 0.6 is 11.8 Å². The normalized spacial score (nSPS) is 12.5. The molecule has 0 bridgehead atoms. The van der Waals surface area contributed by atoms with Crippen molar-refractivity contribution in [1.29, 1.82) is 0 Å². The molecule has 0 aliphatic rings. The third-order valence-electron chi connectivity index (χ3n) is 2.03. The molecule has 3 heteroatoms. The van der Waals surface area contributed by atoms with Crippen LogP contribution < -0.4 is 4.74 Å². The van der Waals surface area contributed by atoms with E-state index in [2.05, 4.69) is 12.1 Å². The summed E-state index contributed by atoms with van der Waals surface area (Å²) in [5, 5.41) is 9.19. The van der Waals surface area contributed by atoms with Crippen LogP contribution in [0.2, 0.25) is 0 Å². The smallest absolute Gasteiger partial charge is 0.119 e. The van der Waals surface area contributed by atoms with Crippen LogP contribution in [0.3, 0.4) is 0 Å². The van der Waals surface area contributed by atoms with Gasteiger partial charge in [-0.1, -0.05) is 19.1 Å². The molecule has 0 radical (unpaired) electrons. The predicted octanol–water partition coefficient (Wildman–Crippen LogP) is 2.70. The van der Waals surface area contributed by atoms with E-state index in [1.807, 2.05) is 26.0 Å². The molecule has 0 saturated carbocycles. The molecular weight excluding hydrogens is 208 g/mol. The lowest BCUT2D eigenvalue weighted by Crippen LogP contribution is -2.02. The minimum absolute atomic E-state index is 0.238.